The second-order valence-electron chi connectivity index (χ2n) is 1.47. The molecule has 2 atom stereocenters. The Morgan fingerprint density at radius 2 is 1.60 bits per heavy atom. The molecule has 0 N–H and O–H groups in total. The van der Waals surface area contributed by atoms with Gasteiger partial charge in [-0.05, 0) is 12.1 Å². The summed E-state index contributed by atoms with van der Waals surface area (Å²) in [7, 11) is 0.847. The summed E-state index contributed by atoms with van der Waals surface area (Å²) < 4.78 is 18.3. The molecule has 2 nitrogen and oxygen atoms in total. The lowest BCUT2D eigenvalue weighted by Gasteiger charge is -1.74. The first-order valence-electron chi connectivity index (χ1n) is 2.60. The van der Waals surface area contributed by atoms with Gasteiger partial charge in [0, 0.05) is 0 Å². The van der Waals surface area contributed by atoms with Crippen molar-refractivity contribution in [2.45, 2.75) is 0 Å². The highest BCUT2D eigenvalue weighted by Crippen LogP contribution is 1.92. The van der Waals surface area contributed by atoms with Gasteiger partial charge < -0.3 is 0 Å². The van der Waals surface area contributed by atoms with Crippen LogP contribution in [0.1, 0.15) is 0 Å². The third kappa shape index (κ3) is 3.45. The summed E-state index contributed by atoms with van der Waals surface area (Å²) in [6.07, 6.45) is 0. The smallest absolute Gasteiger partial charge is 0.0801 e. The average Bonchev–Trinajstić information content (AvgIpc) is 2.10. The van der Waals surface area contributed by atoms with Crippen LogP contribution >= 0.6 is 17.6 Å². The van der Waals surface area contributed by atoms with Crippen molar-refractivity contribution in [3.05, 3.63) is 30.3 Å². The molecule has 0 aliphatic carbocycles. The molecule has 1 aromatic carbocycles. The molecule has 0 aliphatic rings. The Bertz CT molecular complexity index is 188. The molecular formula is C6H8O2P2+2. The maximum absolute atomic E-state index is 10.2. The van der Waals surface area contributed by atoms with E-state index in [0.717, 1.165) is 5.30 Å². The van der Waals surface area contributed by atoms with Gasteiger partial charge in [0.15, 0.2) is 5.30 Å². The van der Waals surface area contributed by atoms with Crippen molar-refractivity contribution in [1.82, 2.24) is 0 Å². The van der Waals surface area contributed by atoms with E-state index in [4.69, 9.17) is 4.57 Å². The highest BCUT2D eigenvalue weighted by Gasteiger charge is 1.91. The van der Waals surface area contributed by atoms with E-state index in [1.165, 1.54) is 9.12 Å². The van der Waals surface area contributed by atoms with Gasteiger partial charge in [-0.1, -0.05) is 27.3 Å². The Morgan fingerprint density at radius 1 is 1.10 bits per heavy atom. The third-order valence-corrected chi connectivity index (χ3v) is 1.46. The first-order valence-corrected chi connectivity index (χ1v) is 3.98. The van der Waals surface area contributed by atoms with Gasteiger partial charge in [0.05, 0.1) is 0 Å². The maximum atomic E-state index is 10.2. The molecule has 1 rings (SSSR count). The molecule has 0 spiro atoms. The van der Waals surface area contributed by atoms with Crippen molar-refractivity contribution < 1.29 is 9.13 Å². The first-order chi connectivity index (χ1) is 4.93. The van der Waals surface area contributed by atoms with Gasteiger partial charge in [-0.2, -0.15) is 0 Å². The highest BCUT2D eigenvalue weighted by molar-refractivity contribution is 7.34. The molecule has 0 aliphatic heterocycles. The minimum Gasteiger partial charge on any atom is -0.0801 e. The van der Waals surface area contributed by atoms with Crippen LogP contribution in [0.3, 0.4) is 0 Å². The molecule has 2 unspecified atom stereocenters. The molecule has 0 amide bonds. The van der Waals surface area contributed by atoms with Crippen LogP contribution in [0.2, 0.25) is 0 Å². The van der Waals surface area contributed by atoms with E-state index in [1.807, 2.05) is 30.3 Å². The van der Waals surface area contributed by atoms with Crippen molar-refractivity contribution in [1.29, 1.82) is 0 Å². The summed E-state index contributed by atoms with van der Waals surface area (Å²) in [5.74, 6) is 0. The zero-order valence-electron chi connectivity index (χ0n) is 5.28. The molecule has 0 fully saturated rings. The van der Waals surface area contributed by atoms with Crippen molar-refractivity contribution in [3.63, 3.8) is 0 Å². The van der Waals surface area contributed by atoms with Crippen LogP contribution in [-0.2, 0) is 9.13 Å². The van der Waals surface area contributed by atoms with Gasteiger partial charge in [0.2, 0.25) is 0 Å². The SMILES string of the molecule is O=[PH+]c1ccccc1.O=[PH2+]. The van der Waals surface area contributed by atoms with E-state index in [-0.39, 0.29) is 8.46 Å². The zero-order valence-corrected chi connectivity index (χ0v) is 7.44. The molecule has 0 saturated carbocycles. The van der Waals surface area contributed by atoms with Crippen molar-refractivity contribution in [2.75, 3.05) is 0 Å². The fourth-order valence-corrected chi connectivity index (χ4v) is 0.835. The second kappa shape index (κ2) is 6.54. The fourth-order valence-electron chi connectivity index (χ4n) is 0.506. The van der Waals surface area contributed by atoms with Gasteiger partial charge in [-0.25, -0.2) is 0 Å². The Hall–Kier alpha value is -0.580. The van der Waals surface area contributed by atoms with Crippen LogP contribution in [0.15, 0.2) is 30.3 Å². The lowest BCUT2D eigenvalue weighted by molar-refractivity contribution is 0.603. The Kier molecular flexibility index (Phi) is 6.16. The molecule has 0 saturated heterocycles. The largest absolute Gasteiger partial charge is 0.363 e. The molecule has 0 bridgehead atoms. The van der Waals surface area contributed by atoms with E-state index in [1.54, 1.807) is 0 Å². The summed E-state index contributed by atoms with van der Waals surface area (Å²) in [6, 6.07) is 9.33. The number of hydrogen-bond acceptors (Lipinski definition) is 2. The molecule has 0 aromatic heterocycles. The highest BCUT2D eigenvalue weighted by atomic mass is 31.1. The molecule has 1 aromatic rings. The molecular weight excluding hydrogens is 166 g/mol. The van der Waals surface area contributed by atoms with Gasteiger partial charge in [0.1, 0.15) is 0 Å². The van der Waals surface area contributed by atoms with Crippen LogP contribution in [0.5, 0.6) is 0 Å². The maximum Gasteiger partial charge on any atom is 0.363 e. The normalized spacial score (nSPS) is 8.00. The summed E-state index contributed by atoms with van der Waals surface area (Å²) in [6.45, 7) is 0. The molecule has 52 valence electrons. The minimum absolute atomic E-state index is 0.320. The topological polar surface area (TPSA) is 34.1 Å². The van der Waals surface area contributed by atoms with E-state index in [9.17, 15) is 4.57 Å². The number of rotatable bonds is 1. The van der Waals surface area contributed by atoms with Gasteiger partial charge >= 0.3 is 17.6 Å². The van der Waals surface area contributed by atoms with Gasteiger partial charge in [-0.15, -0.1) is 0 Å². The second-order valence-corrected chi connectivity index (χ2v) is 2.25. The number of benzene rings is 1. The summed E-state index contributed by atoms with van der Waals surface area (Å²) in [5, 5.41) is 0.882. The lowest BCUT2D eigenvalue weighted by Crippen LogP contribution is -1.84. The minimum atomic E-state index is -0.320. The molecule has 0 radical (unpaired) electrons. The monoisotopic (exact) mass is 174 g/mol. The van der Waals surface area contributed by atoms with Crippen molar-refractivity contribution in [2.24, 2.45) is 0 Å². The summed E-state index contributed by atoms with van der Waals surface area (Å²) in [5.41, 5.74) is 0. The summed E-state index contributed by atoms with van der Waals surface area (Å²) >= 11 is 0. The van der Waals surface area contributed by atoms with Gasteiger partial charge in [0.25, 0.3) is 0 Å². The van der Waals surface area contributed by atoms with Crippen LogP contribution < -0.4 is 5.30 Å². The van der Waals surface area contributed by atoms with E-state index >= 15 is 0 Å². The van der Waals surface area contributed by atoms with Crippen LogP contribution in [0.4, 0.5) is 0 Å². The molecule has 0 heterocycles. The quantitative estimate of drug-likeness (QED) is 0.605. The lowest BCUT2D eigenvalue weighted by atomic mass is 10.4. The zero-order chi connectivity index (χ0) is 7.82. The fraction of sp³-hybridized carbons (Fsp3) is 0. The van der Waals surface area contributed by atoms with E-state index < -0.39 is 0 Å². The predicted octanol–water partition coefficient (Wildman–Crippen LogP) is 1.54. The number of hydrogen-bond donors (Lipinski definition) is 0. The van der Waals surface area contributed by atoms with Crippen LogP contribution in [0, 0.1) is 0 Å². The van der Waals surface area contributed by atoms with Crippen molar-refractivity contribution >= 4 is 22.9 Å². The Morgan fingerprint density at radius 3 is 1.90 bits per heavy atom. The standard InChI is InChI=1S/C6H5OP.H2OP/c7-8-6-4-2-1-3-5-6;1-2/h1-5H;2H2/q;+1/p+1. The van der Waals surface area contributed by atoms with Crippen molar-refractivity contribution in [3.8, 4) is 0 Å². The Balaban J connectivity index is 0.000000371. The molecule has 10 heavy (non-hydrogen) atoms. The Labute approximate surface area is 63.1 Å². The van der Waals surface area contributed by atoms with Gasteiger partial charge in [-0.3, -0.25) is 0 Å². The summed E-state index contributed by atoms with van der Waals surface area (Å²) in [4.78, 5) is 0. The predicted molar refractivity (Wildman–Crippen MR) is 45.5 cm³/mol. The van der Waals surface area contributed by atoms with Crippen LogP contribution in [0.25, 0.3) is 0 Å². The van der Waals surface area contributed by atoms with E-state index in [0.29, 0.717) is 0 Å². The average molecular weight is 174 g/mol. The van der Waals surface area contributed by atoms with Crippen LogP contribution in [-0.4, -0.2) is 0 Å². The molecule has 4 heteroatoms. The van der Waals surface area contributed by atoms with E-state index in [2.05, 4.69) is 0 Å². The third-order valence-electron chi connectivity index (χ3n) is 0.892. The first kappa shape index (κ1) is 9.42.